The monoisotopic (exact) mass is 260 g/mol. The maximum atomic E-state index is 5.59. The Morgan fingerprint density at radius 3 is 2.84 bits per heavy atom. The number of nitrogens with zero attached hydrogens (tertiary/aromatic N) is 2. The van der Waals surface area contributed by atoms with E-state index in [4.69, 9.17) is 4.42 Å². The van der Waals surface area contributed by atoms with Gasteiger partial charge >= 0.3 is 0 Å². The zero-order valence-electron chi connectivity index (χ0n) is 11.6. The Morgan fingerprint density at radius 1 is 1.32 bits per heavy atom. The van der Waals surface area contributed by atoms with Crippen LogP contribution in [-0.2, 0) is 0 Å². The number of anilines is 2. The van der Waals surface area contributed by atoms with Crippen molar-refractivity contribution in [3.05, 3.63) is 35.9 Å². The lowest BCUT2D eigenvalue weighted by Gasteiger charge is -2.12. The molecule has 5 heteroatoms. The van der Waals surface area contributed by atoms with Crippen LogP contribution in [0.1, 0.15) is 37.8 Å². The fourth-order valence-electron chi connectivity index (χ4n) is 1.74. The molecule has 2 N–H and O–H groups in total. The van der Waals surface area contributed by atoms with E-state index in [1.54, 1.807) is 6.20 Å². The first-order valence-corrected chi connectivity index (χ1v) is 6.59. The van der Waals surface area contributed by atoms with E-state index in [2.05, 4.69) is 27.5 Å². The largest absolute Gasteiger partial charge is 0.464 e. The van der Waals surface area contributed by atoms with Crippen molar-refractivity contribution in [1.29, 1.82) is 0 Å². The Bertz CT molecular complexity index is 524. The van der Waals surface area contributed by atoms with Gasteiger partial charge in [-0.2, -0.15) is 4.98 Å². The van der Waals surface area contributed by atoms with Crippen molar-refractivity contribution in [2.24, 2.45) is 0 Å². The average molecular weight is 260 g/mol. The fraction of sp³-hybridized carbons (Fsp3) is 0.429. The third-order valence-corrected chi connectivity index (χ3v) is 2.74. The first-order chi connectivity index (χ1) is 9.19. The molecular formula is C14H20N4O. The summed E-state index contributed by atoms with van der Waals surface area (Å²) < 4.78 is 5.59. The summed E-state index contributed by atoms with van der Waals surface area (Å²) in [6.45, 7) is 6.96. The second-order valence-electron chi connectivity index (χ2n) is 4.51. The van der Waals surface area contributed by atoms with E-state index in [-0.39, 0.29) is 6.04 Å². The number of furan rings is 1. The highest BCUT2D eigenvalue weighted by Crippen LogP contribution is 2.20. The number of aryl methyl sites for hydroxylation is 1. The predicted molar refractivity (Wildman–Crippen MR) is 76.3 cm³/mol. The van der Waals surface area contributed by atoms with E-state index >= 15 is 0 Å². The van der Waals surface area contributed by atoms with Gasteiger partial charge in [-0.05, 0) is 38.5 Å². The summed E-state index contributed by atoms with van der Waals surface area (Å²) in [5.74, 6) is 3.25. The van der Waals surface area contributed by atoms with Gasteiger partial charge in [0.05, 0.1) is 6.04 Å². The van der Waals surface area contributed by atoms with Gasteiger partial charge in [0.1, 0.15) is 17.3 Å². The van der Waals surface area contributed by atoms with Crippen LogP contribution in [0.2, 0.25) is 0 Å². The summed E-state index contributed by atoms with van der Waals surface area (Å²) in [4.78, 5) is 8.58. The second kappa shape index (κ2) is 6.22. The highest BCUT2D eigenvalue weighted by molar-refractivity contribution is 5.41. The number of aromatic nitrogens is 2. The van der Waals surface area contributed by atoms with Crippen LogP contribution in [0.4, 0.5) is 11.8 Å². The zero-order chi connectivity index (χ0) is 13.7. The quantitative estimate of drug-likeness (QED) is 0.833. The van der Waals surface area contributed by atoms with Gasteiger partial charge in [0, 0.05) is 12.7 Å². The van der Waals surface area contributed by atoms with Gasteiger partial charge in [0.25, 0.3) is 0 Å². The molecular weight excluding hydrogens is 240 g/mol. The first-order valence-electron chi connectivity index (χ1n) is 6.59. The summed E-state index contributed by atoms with van der Waals surface area (Å²) in [5, 5.41) is 6.47. The molecule has 0 radical (unpaired) electrons. The molecule has 0 aromatic carbocycles. The first kappa shape index (κ1) is 13.4. The second-order valence-corrected chi connectivity index (χ2v) is 4.51. The summed E-state index contributed by atoms with van der Waals surface area (Å²) in [6, 6.07) is 5.86. The summed E-state index contributed by atoms with van der Waals surface area (Å²) >= 11 is 0. The minimum Gasteiger partial charge on any atom is -0.464 e. The van der Waals surface area contributed by atoms with Crippen LogP contribution >= 0.6 is 0 Å². The van der Waals surface area contributed by atoms with Crippen molar-refractivity contribution >= 4 is 11.8 Å². The van der Waals surface area contributed by atoms with Crippen LogP contribution in [0.25, 0.3) is 0 Å². The van der Waals surface area contributed by atoms with E-state index < -0.39 is 0 Å². The van der Waals surface area contributed by atoms with Gasteiger partial charge in [-0.3, -0.25) is 0 Å². The van der Waals surface area contributed by atoms with Crippen molar-refractivity contribution in [2.75, 3.05) is 17.2 Å². The molecule has 0 amide bonds. The molecule has 5 nitrogen and oxygen atoms in total. The topological polar surface area (TPSA) is 63.0 Å². The molecule has 2 heterocycles. The highest BCUT2D eigenvalue weighted by Gasteiger charge is 2.10. The Morgan fingerprint density at radius 2 is 2.16 bits per heavy atom. The normalized spacial score (nSPS) is 12.2. The lowest BCUT2D eigenvalue weighted by atomic mass is 10.2. The Labute approximate surface area is 113 Å². The van der Waals surface area contributed by atoms with Gasteiger partial charge in [0.15, 0.2) is 0 Å². The summed E-state index contributed by atoms with van der Waals surface area (Å²) in [7, 11) is 0. The summed E-state index contributed by atoms with van der Waals surface area (Å²) in [5.41, 5.74) is 0. The molecule has 102 valence electrons. The zero-order valence-corrected chi connectivity index (χ0v) is 11.6. The molecule has 0 spiro atoms. The minimum atomic E-state index is 0.0719. The van der Waals surface area contributed by atoms with Gasteiger partial charge in [0.2, 0.25) is 5.95 Å². The molecule has 1 atom stereocenters. The maximum Gasteiger partial charge on any atom is 0.224 e. The van der Waals surface area contributed by atoms with E-state index in [9.17, 15) is 0 Å². The minimum absolute atomic E-state index is 0.0719. The van der Waals surface area contributed by atoms with Gasteiger partial charge in [-0.15, -0.1) is 0 Å². The van der Waals surface area contributed by atoms with Crippen molar-refractivity contribution in [3.8, 4) is 0 Å². The van der Waals surface area contributed by atoms with Crippen LogP contribution < -0.4 is 10.6 Å². The number of rotatable bonds is 6. The standard InChI is InChI=1S/C14H20N4O/c1-4-8-15-14-16-9-7-13(18-14)17-11(3)12-6-5-10(2)19-12/h5-7,9,11H,4,8H2,1-3H3,(H2,15,16,17,18). The third-order valence-electron chi connectivity index (χ3n) is 2.74. The molecule has 0 fully saturated rings. The Kier molecular flexibility index (Phi) is 4.39. The van der Waals surface area contributed by atoms with Gasteiger partial charge in [-0.1, -0.05) is 6.92 Å². The third kappa shape index (κ3) is 3.71. The molecule has 2 aromatic rings. The van der Waals surface area contributed by atoms with E-state index in [1.807, 2.05) is 32.0 Å². The lowest BCUT2D eigenvalue weighted by Crippen LogP contribution is -2.10. The van der Waals surface area contributed by atoms with E-state index in [0.717, 1.165) is 30.3 Å². The lowest BCUT2D eigenvalue weighted by molar-refractivity contribution is 0.466. The van der Waals surface area contributed by atoms with Crippen molar-refractivity contribution < 1.29 is 4.42 Å². The van der Waals surface area contributed by atoms with Crippen LogP contribution in [-0.4, -0.2) is 16.5 Å². The molecule has 2 rings (SSSR count). The van der Waals surface area contributed by atoms with Gasteiger partial charge < -0.3 is 15.1 Å². The molecule has 0 aliphatic rings. The predicted octanol–water partition coefficient (Wildman–Crippen LogP) is 3.37. The fourth-order valence-corrected chi connectivity index (χ4v) is 1.74. The maximum absolute atomic E-state index is 5.59. The number of hydrogen-bond acceptors (Lipinski definition) is 5. The molecule has 1 unspecified atom stereocenters. The molecule has 0 aliphatic carbocycles. The number of nitrogens with one attached hydrogen (secondary N) is 2. The molecule has 0 saturated carbocycles. The Balaban J connectivity index is 2.02. The van der Waals surface area contributed by atoms with E-state index in [1.165, 1.54) is 0 Å². The number of hydrogen-bond donors (Lipinski definition) is 2. The molecule has 2 aromatic heterocycles. The summed E-state index contributed by atoms with van der Waals surface area (Å²) in [6.07, 6.45) is 2.79. The molecule has 0 aliphatic heterocycles. The average Bonchev–Trinajstić information content (AvgIpc) is 2.83. The molecule has 19 heavy (non-hydrogen) atoms. The Hall–Kier alpha value is -2.04. The SMILES string of the molecule is CCCNc1nccc(NC(C)c2ccc(C)o2)n1. The molecule has 0 bridgehead atoms. The van der Waals surface area contributed by atoms with Crippen molar-refractivity contribution in [3.63, 3.8) is 0 Å². The van der Waals surface area contributed by atoms with Crippen molar-refractivity contribution in [2.45, 2.75) is 33.2 Å². The van der Waals surface area contributed by atoms with Crippen molar-refractivity contribution in [1.82, 2.24) is 9.97 Å². The van der Waals surface area contributed by atoms with Crippen LogP contribution in [0.5, 0.6) is 0 Å². The van der Waals surface area contributed by atoms with Crippen LogP contribution in [0.15, 0.2) is 28.8 Å². The smallest absolute Gasteiger partial charge is 0.224 e. The van der Waals surface area contributed by atoms with E-state index in [0.29, 0.717) is 5.95 Å². The highest BCUT2D eigenvalue weighted by atomic mass is 16.3. The van der Waals surface area contributed by atoms with Crippen LogP contribution in [0.3, 0.4) is 0 Å². The van der Waals surface area contributed by atoms with Gasteiger partial charge in [-0.25, -0.2) is 4.98 Å². The van der Waals surface area contributed by atoms with Crippen LogP contribution in [0, 0.1) is 6.92 Å². The molecule has 0 saturated heterocycles.